The van der Waals surface area contributed by atoms with E-state index in [9.17, 15) is 19.2 Å². The van der Waals surface area contributed by atoms with Gasteiger partial charge in [0, 0.05) is 17.2 Å². The van der Waals surface area contributed by atoms with Gasteiger partial charge in [-0.2, -0.15) is 0 Å². The maximum atomic E-state index is 12.3. The number of benzene rings is 1. The molecule has 156 valence electrons. The van der Waals surface area contributed by atoms with Gasteiger partial charge in [-0.15, -0.1) is 11.8 Å². The van der Waals surface area contributed by atoms with Crippen LogP contribution in [0.1, 0.15) is 19.8 Å². The minimum Gasteiger partial charge on any atom is -0.484 e. The third kappa shape index (κ3) is 5.13. The molecule has 0 bridgehead atoms. The predicted octanol–water partition coefficient (Wildman–Crippen LogP) is 0.863. The standard InChI is InChI=1S/C18H20ClN3O6S/c1-18-7-6-16(25)22(18)13(10-29-18)17(26)28-9-15(24)21-20-14(23)8-27-12-4-2-11(19)3-5-12/h2-5,13H,6-10H2,1H3,(H,20,23)(H,21,24). The van der Waals surface area contributed by atoms with Gasteiger partial charge in [-0.25, -0.2) is 4.79 Å². The smallest absolute Gasteiger partial charge is 0.330 e. The van der Waals surface area contributed by atoms with Crippen LogP contribution in [0.3, 0.4) is 0 Å². The number of carbonyl (C=O) groups is 4. The lowest BCUT2D eigenvalue weighted by atomic mass is 10.2. The molecule has 2 unspecified atom stereocenters. The summed E-state index contributed by atoms with van der Waals surface area (Å²) in [5.74, 6) is -1.14. The largest absolute Gasteiger partial charge is 0.484 e. The second-order valence-electron chi connectivity index (χ2n) is 6.71. The number of esters is 1. The van der Waals surface area contributed by atoms with Crippen LogP contribution in [-0.4, -0.2) is 58.5 Å². The molecule has 2 aliphatic heterocycles. The summed E-state index contributed by atoms with van der Waals surface area (Å²) in [6, 6.07) is 5.74. The third-order valence-corrected chi connectivity index (χ3v) is 6.34. The first-order chi connectivity index (χ1) is 13.8. The monoisotopic (exact) mass is 441 g/mol. The Balaban J connectivity index is 1.36. The lowest BCUT2D eigenvalue weighted by molar-refractivity contribution is -0.156. The van der Waals surface area contributed by atoms with Crippen molar-refractivity contribution in [1.29, 1.82) is 0 Å². The Morgan fingerprint density at radius 1 is 1.21 bits per heavy atom. The lowest BCUT2D eigenvalue weighted by Gasteiger charge is -2.29. The highest BCUT2D eigenvalue weighted by atomic mass is 35.5. The highest BCUT2D eigenvalue weighted by molar-refractivity contribution is 8.01. The van der Waals surface area contributed by atoms with Crippen molar-refractivity contribution in [1.82, 2.24) is 15.8 Å². The van der Waals surface area contributed by atoms with E-state index in [1.807, 2.05) is 6.92 Å². The molecule has 0 aliphatic carbocycles. The quantitative estimate of drug-likeness (QED) is 0.497. The van der Waals surface area contributed by atoms with Crippen LogP contribution in [0, 0.1) is 0 Å². The molecule has 2 atom stereocenters. The molecule has 0 saturated carbocycles. The van der Waals surface area contributed by atoms with E-state index in [2.05, 4.69) is 10.9 Å². The first kappa shape index (κ1) is 21.3. The van der Waals surface area contributed by atoms with Crippen LogP contribution in [0.5, 0.6) is 5.75 Å². The predicted molar refractivity (Wildman–Crippen MR) is 105 cm³/mol. The SMILES string of the molecule is CC12CCC(=O)N1C(C(=O)OCC(=O)NNC(=O)COc1ccc(Cl)cc1)CS2. The summed E-state index contributed by atoms with van der Waals surface area (Å²) in [5, 5.41) is 0.540. The highest BCUT2D eigenvalue weighted by Crippen LogP contribution is 2.47. The number of rotatable bonds is 6. The molecule has 11 heteroatoms. The van der Waals surface area contributed by atoms with E-state index >= 15 is 0 Å². The fraction of sp³-hybridized carbons (Fsp3) is 0.444. The molecule has 1 aromatic carbocycles. The third-order valence-electron chi connectivity index (χ3n) is 4.59. The zero-order chi connectivity index (χ0) is 21.0. The Kier molecular flexibility index (Phi) is 6.53. The summed E-state index contributed by atoms with van der Waals surface area (Å²) < 4.78 is 10.2. The Bertz CT molecular complexity index is 820. The van der Waals surface area contributed by atoms with Gasteiger partial charge < -0.3 is 14.4 Å². The second-order valence-corrected chi connectivity index (χ2v) is 8.65. The van der Waals surface area contributed by atoms with Crippen molar-refractivity contribution in [3.63, 3.8) is 0 Å². The topological polar surface area (TPSA) is 114 Å². The van der Waals surface area contributed by atoms with E-state index in [1.54, 1.807) is 29.2 Å². The van der Waals surface area contributed by atoms with E-state index in [4.69, 9.17) is 21.1 Å². The van der Waals surface area contributed by atoms with Crippen LogP contribution in [0.4, 0.5) is 0 Å². The minimum absolute atomic E-state index is 0.0862. The van der Waals surface area contributed by atoms with Gasteiger partial charge in [0.15, 0.2) is 13.2 Å². The maximum absolute atomic E-state index is 12.3. The van der Waals surface area contributed by atoms with Gasteiger partial charge in [0.1, 0.15) is 11.8 Å². The van der Waals surface area contributed by atoms with Crippen LogP contribution in [0.25, 0.3) is 0 Å². The fourth-order valence-corrected chi connectivity index (χ4v) is 4.66. The van der Waals surface area contributed by atoms with Crippen LogP contribution >= 0.6 is 23.4 Å². The number of fused-ring (bicyclic) bond motifs is 1. The zero-order valence-corrected chi connectivity index (χ0v) is 17.2. The molecule has 0 aromatic heterocycles. The van der Waals surface area contributed by atoms with Crippen molar-refractivity contribution in [3.05, 3.63) is 29.3 Å². The molecule has 3 rings (SSSR count). The fourth-order valence-electron chi connectivity index (χ4n) is 3.12. The molecule has 2 heterocycles. The molecule has 0 radical (unpaired) electrons. The van der Waals surface area contributed by atoms with E-state index < -0.39 is 30.4 Å². The molecule has 2 N–H and O–H groups in total. The Hall–Kier alpha value is -2.46. The van der Waals surface area contributed by atoms with Crippen molar-refractivity contribution in [2.75, 3.05) is 19.0 Å². The van der Waals surface area contributed by atoms with Gasteiger partial charge in [-0.05, 0) is 37.6 Å². The van der Waals surface area contributed by atoms with Gasteiger partial charge >= 0.3 is 5.97 Å². The molecular weight excluding hydrogens is 422 g/mol. The average Bonchev–Trinajstić information content (AvgIpc) is 3.19. The summed E-state index contributed by atoms with van der Waals surface area (Å²) in [5.41, 5.74) is 4.29. The van der Waals surface area contributed by atoms with Crippen molar-refractivity contribution in [2.45, 2.75) is 30.7 Å². The first-order valence-corrected chi connectivity index (χ1v) is 10.2. The van der Waals surface area contributed by atoms with Gasteiger partial charge in [0.2, 0.25) is 5.91 Å². The van der Waals surface area contributed by atoms with Crippen molar-refractivity contribution in [2.24, 2.45) is 0 Å². The number of hydrazine groups is 1. The maximum Gasteiger partial charge on any atom is 0.330 e. The molecule has 2 aliphatic rings. The van der Waals surface area contributed by atoms with Gasteiger partial charge in [-0.1, -0.05) is 11.6 Å². The molecule has 9 nitrogen and oxygen atoms in total. The molecule has 0 spiro atoms. The molecule has 1 aromatic rings. The Morgan fingerprint density at radius 3 is 2.55 bits per heavy atom. The number of amides is 3. The molecule has 3 amide bonds. The van der Waals surface area contributed by atoms with E-state index in [0.717, 1.165) is 0 Å². The lowest BCUT2D eigenvalue weighted by Crippen LogP contribution is -2.48. The summed E-state index contributed by atoms with van der Waals surface area (Å²) in [6.45, 7) is 1.03. The molecule has 2 fully saturated rings. The van der Waals surface area contributed by atoms with Crippen molar-refractivity contribution >= 4 is 47.1 Å². The number of nitrogens with one attached hydrogen (secondary N) is 2. The summed E-state index contributed by atoms with van der Waals surface area (Å²) >= 11 is 7.29. The van der Waals surface area contributed by atoms with Gasteiger partial charge in [-0.3, -0.25) is 25.2 Å². The van der Waals surface area contributed by atoms with E-state index in [-0.39, 0.29) is 17.4 Å². The molecule has 29 heavy (non-hydrogen) atoms. The van der Waals surface area contributed by atoms with Crippen molar-refractivity contribution < 1.29 is 28.7 Å². The number of nitrogens with zero attached hydrogens (tertiary/aromatic N) is 1. The summed E-state index contributed by atoms with van der Waals surface area (Å²) in [6.07, 6.45) is 1.09. The first-order valence-electron chi connectivity index (χ1n) is 8.87. The van der Waals surface area contributed by atoms with Gasteiger partial charge in [0.05, 0.1) is 4.87 Å². The van der Waals surface area contributed by atoms with E-state index in [0.29, 0.717) is 29.4 Å². The Morgan fingerprint density at radius 2 is 1.86 bits per heavy atom. The zero-order valence-electron chi connectivity index (χ0n) is 15.6. The van der Waals surface area contributed by atoms with Crippen LogP contribution in [-0.2, 0) is 23.9 Å². The number of hydrogen-bond acceptors (Lipinski definition) is 7. The molecule has 2 saturated heterocycles. The number of carbonyl (C=O) groups excluding carboxylic acids is 4. The summed E-state index contributed by atoms with van der Waals surface area (Å²) in [7, 11) is 0. The van der Waals surface area contributed by atoms with E-state index in [1.165, 1.54) is 11.8 Å². The number of ether oxygens (including phenoxy) is 2. The Labute approximate surface area is 176 Å². The highest BCUT2D eigenvalue weighted by Gasteiger charge is 2.53. The van der Waals surface area contributed by atoms with Crippen LogP contribution in [0.2, 0.25) is 5.02 Å². The second kappa shape index (κ2) is 8.91. The molecular formula is C18H20ClN3O6S. The summed E-state index contributed by atoms with van der Waals surface area (Å²) in [4.78, 5) is 49.0. The average molecular weight is 442 g/mol. The minimum atomic E-state index is -0.709. The normalized spacial score (nSPS) is 22.8. The van der Waals surface area contributed by atoms with Gasteiger partial charge in [0.25, 0.3) is 11.8 Å². The van der Waals surface area contributed by atoms with Crippen molar-refractivity contribution in [3.8, 4) is 5.75 Å². The number of thioether (sulfide) groups is 1. The van der Waals surface area contributed by atoms with Crippen LogP contribution in [0.15, 0.2) is 24.3 Å². The van der Waals surface area contributed by atoms with Crippen LogP contribution < -0.4 is 15.6 Å². The number of hydrogen-bond donors (Lipinski definition) is 2. The number of halogens is 1.